The van der Waals surface area contributed by atoms with Gasteiger partial charge in [-0.15, -0.1) is 0 Å². The van der Waals surface area contributed by atoms with Crippen molar-refractivity contribution in [3.05, 3.63) is 35.9 Å². The van der Waals surface area contributed by atoms with Crippen LogP contribution < -0.4 is 38.1 Å². The van der Waals surface area contributed by atoms with E-state index in [0.29, 0.717) is 6.42 Å². The number of hydrogen-bond acceptors (Lipinski definition) is 11. The molecular weight excluding hydrogens is 744 g/mol. The minimum absolute atomic E-state index is 0.0408. The summed E-state index contributed by atoms with van der Waals surface area (Å²) in [5.41, 5.74) is 12.1. The van der Waals surface area contributed by atoms with Gasteiger partial charge in [-0.3, -0.25) is 33.6 Å². The summed E-state index contributed by atoms with van der Waals surface area (Å²) in [6, 6.07) is -0.419. The van der Waals surface area contributed by atoms with Gasteiger partial charge in [0.1, 0.15) is 36.3 Å². The molecule has 0 aliphatic carbocycles. The van der Waals surface area contributed by atoms with Crippen molar-refractivity contribution in [2.24, 2.45) is 23.3 Å². The van der Waals surface area contributed by atoms with Crippen LogP contribution in [0.4, 0.5) is 0 Å². The molecule has 0 saturated carbocycles. The Balaban J connectivity index is 2.20. The number of likely N-dealkylation sites (tertiary alicyclic amines) is 1. The highest BCUT2D eigenvalue weighted by Gasteiger charge is 2.40. The van der Waals surface area contributed by atoms with Gasteiger partial charge in [-0.1, -0.05) is 58.0 Å². The Morgan fingerprint density at radius 2 is 1.33 bits per heavy atom. The Morgan fingerprint density at radius 3 is 1.88 bits per heavy atom. The smallest absolute Gasteiger partial charge is 0.326 e. The maximum absolute atomic E-state index is 13.7. The van der Waals surface area contributed by atoms with Crippen molar-refractivity contribution in [3.63, 3.8) is 0 Å². The first-order valence-electron chi connectivity index (χ1n) is 19.2. The molecule has 57 heavy (non-hydrogen) atoms. The molecule has 0 bridgehead atoms. The predicted molar refractivity (Wildman–Crippen MR) is 206 cm³/mol. The minimum atomic E-state index is -1.62. The molecule has 1 aromatic carbocycles. The van der Waals surface area contributed by atoms with Crippen molar-refractivity contribution in [1.29, 1.82) is 0 Å². The molecule has 1 aromatic rings. The van der Waals surface area contributed by atoms with E-state index in [1.54, 1.807) is 44.2 Å². The predicted octanol–water partition coefficient (Wildman–Crippen LogP) is -2.21. The second kappa shape index (κ2) is 23.2. The van der Waals surface area contributed by atoms with E-state index in [0.717, 1.165) is 10.5 Å². The topological polar surface area (TPSA) is 313 Å². The first-order chi connectivity index (χ1) is 26.7. The number of carboxylic acids is 1. The largest absolute Gasteiger partial charge is 0.480 e. The van der Waals surface area contributed by atoms with Crippen LogP contribution in [-0.2, 0) is 44.8 Å². The third kappa shape index (κ3) is 15.7. The molecule has 0 aromatic heterocycles. The number of aliphatic hydroxyl groups is 2. The summed E-state index contributed by atoms with van der Waals surface area (Å²) in [6.45, 7) is 7.61. The second-order valence-corrected chi connectivity index (χ2v) is 15.2. The normalized spacial score (nSPS) is 17.6. The van der Waals surface area contributed by atoms with E-state index >= 15 is 0 Å². The molecule has 2 rings (SSSR count). The van der Waals surface area contributed by atoms with Gasteiger partial charge < -0.3 is 58.3 Å². The molecule has 0 radical (unpaired) electrons. The van der Waals surface area contributed by atoms with Gasteiger partial charge >= 0.3 is 5.97 Å². The summed E-state index contributed by atoms with van der Waals surface area (Å²) in [5, 5.41) is 42.5. The molecule has 0 spiro atoms. The van der Waals surface area contributed by atoms with Crippen LogP contribution in [0.15, 0.2) is 30.3 Å². The molecule has 7 amide bonds. The van der Waals surface area contributed by atoms with E-state index in [1.165, 1.54) is 6.92 Å². The number of carbonyl (C=O) groups is 8. The zero-order valence-corrected chi connectivity index (χ0v) is 33.2. The lowest BCUT2D eigenvalue weighted by Gasteiger charge is -2.31. The lowest BCUT2D eigenvalue weighted by atomic mass is 10.00. The SMILES string of the molecule is CC(C)C[C@H](NC(=O)[C@H](CC(C)C)NC(=O)[C@@H]1CCCN1C(=O)[C@H](CO)NC(=O)[C@H](CCC(N)=O)NC(=O)[C@@H](NC(=O)[C@@H](N)Cc1ccccc1)[C@@H](C)O)C(=O)O. The monoisotopic (exact) mass is 804 g/mol. The summed E-state index contributed by atoms with van der Waals surface area (Å²) in [4.78, 5) is 105. The van der Waals surface area contributed by atoms with E-state index in [1.807, 2.05) is 13.8 Å². The quantitative estimate of drug-likeness (QED) is 0.0563. The number of rotatable bonds is 23. The molecule has 1 saturated heterocycles. The highest BCUT2D eigenvalue weighted by atomic mass is 16.4. The van der Waals surface area contributed by atoms with Gasteiger partial charge in [0, 0.05) is 13.0 Å². The maximum atomic E-state index is 13.7. The van der Waals surface area contributed by atoms with Gasteiger partial charge in [0.2, 0.25) is 41.4 Å². The Labute approximate surface area is 332 Å². The fraction of sp³-hybridized carbons (Fsp3) is 0.632. The molecule has 1 fully saturated rings. The number of nitrogens with two attached hydrogens (primary N) is 2. The third-order valence-corrected chi connectivity index (χ3v) is 9.31. The average Bonchev–Trinajstić information content (AvgIpc) is 3.63. The lowest BCUT2D eigenvalue weighted by Crippen LogP contribution is -2.61. The molecule has 0 unspecified atom stereocenters. The minimum Gasteiger partial charge on any atom is -0.480 e. The van der Waals surface area contributed by atoms with E-state index in [9.17, 15) is 53.7 Å². The summed E-state index contributed by atoms with van der Waals surface area (Å²) < 4.78 is 0. The van der Waals surface area contributed by atoms with Crippen LogP contribution in [0.2, 0.25) is 0 Å². The molecule has 12 N–H and O–H groups in total. The Kier molecular flexibility index (Phi) is 19.5. The number of primary amides is 1. The van der Waals surface area contributed by atoms with Crippen LogP contribution in [0.1, 0.15) is 78.7 Å². The highest BCUT2D eigenvalue weighted by Crippen LogP contribution is 2.20. The van der Waals surface area contributed by atoms with E-state index < -0.39 is 109 Å². The average molecular weight is 805 g/mol. The highest BCUT2D eigenvalue weighted by molar-refractivity contribution is 5.97. The zero-order chi connectivity index (χ0) is 43.0. The number of carboxylic acid groups (broad SMARTS) is 1. The van der Waals surface area contributed by atoms with Crippen molar-refractivity contribution in [2.75, 3.05) is 13.2 Å². The molecule has 19 nitrogen and oxygen atoms in total. The number of benzene rings is 1. The van der Waals surface area contributed by atoms with Gasteiger partial charge in [-0.25, -0.2) is 4.79 Å². The summed E-state index contributed by atoms with van der Waals surface area (Å²) in [7, 11) is 0. The first-order valence-corrected chi connectivity index (χ1v) is 19.2. The van der Waals surface area contributed by atoms with Crippen molar-refractivity contribution in [1.82, 2.24) is 31.5 Å². The van der Waals surface area contributed by atoms with E-state index in [-0.39, 0.29) is 50.5 Å². The molecule has 318 valence electrons. The van der Waals surface area contributed by atoms with Crippen molar-refractivity contribution >= 4 is 47.3 Å². The van der Waals surface area contributed by atoms with Gasteiger partial charge in [-0.2, -0.15) is 0 Å². The summed E-state index contributed by atoms with van der Waals surface area (Å²) >= 11 is 0. The first kappa shape index (κ1) is 48.0. The maximum Gasteiger partial charge on any atom is 0.326 e. The Hall–Kier alpha value is -5.14. The number of aliphatic carboxylic acids is 1. The van der Waals surface area contributed by atoms with Crippen molar-refractivity contribution < 1.29 is 53.7 Å². The van der Waals surface area contributed by atoms with E-state index in [4.69, 9.17) is 11.5 Å². The number of carbonyl (C=O) groups excluding carboxylic acids is 7. The third-order valence-electron chi connectivity index (χ3n) is 9.31. The zero-order valence-electron chi connectivity index (χ0n) is 33.2. The van der Waals surface area contributed by atoms with Crippen molar-refractivity contribution in [3.8, 4) is 0 Å². The molecule has 1 aliphatic heterocycles. The molecule has 19 heteroatoms. The Morgan fingerprint density at radius 1 is 0.772 bits per heavy atom. The fourth-order valence-corrected chi connectivity index (χ4v) is 6.34. The summed E-state index contributed by atoms with van der Waals surface area (Å²) in [5.74, 6) is -7.21. The number of amides is 7. The van der Waals surface area contributed by atoms with Gasteiger partial charge in [-0.05, 0) is 62.8 Å². The van der Waals surface area contributed by atoms with Crippen LogP contribution in [0.3, 0.4) is 0 Å². The van der Waals surface area contributed by atoms with Gasteiger partial charge in [0.15, 0.2) is 0 Å². The standard InChI is InChI=1S/C38H60N8O11/c1-20(2)16-26(34(52)43-27(38(56)57)17-21(3)4)42-35(53)29-12-9-15-46(29)37(55)28(19-47)44-33(51)25(13-14-30(40)49)41-36(54)31(22(5)48)45-32(50)24(39)18-23-10-7-6-8-11-23/h6-8,10-11,20-22,24-29,31,47-48H,9,12-19,39H2,1-5H3,(H2,40,49)(H,41,54)(H,42,53)(H,43,52)(H,44,51)(H,45,50)(H,56,57)/t22-,24+,25+,26+,27+,28+,29+,31+/m1/s1. The van der Waals surface area contributed by atoms with Crippen LogP contribution in [0, 0.1) is 11.8 Å². The summed E-state index contributed by atoms with van der Waals surface area (Å²) in [6.07, 6.45) is -1.21. The van der Waals surface area contributed by atoms with E-state index in [2.05, 4.69) is 26.6 Å². The van der Waals surface area contributed by atoms with Crippen LogP contribution in [0.25, 0.3) is 0 Å². The fourth-order valence-electron chi connectivity index (χ4n) is 6.34. The molecular formula is C38H60N8O11. The van der Waals surface area contributed by atoms with Gasteiger partial charge in [0.25, 0.3) is 0 Å². The van der Waals surface area contributed by atoms with Crippen LogP contribution in [-0.4, -0.2) is 129 Å². The number of aliphatic hydroxyl groups excluding tert-OH is 2. The Bertz CT molecular complexity index is 1560. The molecule has 1 aliphatic rings. The number of hydrogen-bond donors (Lipinski definition) is 10. The molecule has 8 atom stereocenters. The number of nitrogens with zero attached hydrogens (tertiary/aromatic N) is 1. The van der Waals surface area contributed by atoms with Crippen LogP contribution in [0.5, 0.6) is 0 Å². The lowest BCUT2D eigenvalue weighted by molar-refractivity contribution is -0.144. The van der Waals surface area contributed by atoms with Gasteiger partial charge in [0.05, 0.1) is 18.8 Å². The molecule has 1 heterocycles. The second-order valence-electron chi connectivity index (χ2n) is 15.2. The van der Waals surface area contributed by atoms with Crippen LogP contribution >= 0.6 is 0 Å². The van der Waals surface area contributed by atoms with Crippen molar-refractivity contribution in [2.45, 2.75) is 128 Å². The number of nitrogens with one attached hydrogen (secondary N) is 5.